The monoisotopic (exact) mass is 520 g/mol. The second-order valence-corrected chi connectivity index (χ2v) is 11.7. The number of carbonyl (C=O) groups is 2. The SMILES string of the molecule is C=CC(=O)N1C[Si](n2nc(C#Cc3cc4nc(C)n(C5CC5)c4cc3F)c(C(N)=O)c2N)C[C@@H]1C(C)O. The second kappa shape index (κ2) is 9.17. The fraction of sp³-hybridized carbons (Fsp3) is 0.360. The number of aliphatic hydroxyl groups is 1. The molecular formula is C25H27FN7O3Si. The first-order valence-corrected chi connectivity index (χ1v) is 13.8. The van der Waals surface area contributed by atoms with E-state index in [9.17, 15) is 14.7 Å². The maximum Gasteiger partial charge on any atom is 0.255 e. The van der Waals surface area contributed by atoms with E-state index in [1.54, 1.807) is 13.0 Å². The Labute approximate surface area is 214 Å². The number of primary amides is 1. The molecule has 1 aliphatic carbocycles. The number of carbonyl (C=O) groups excluding carboxylic acids is 2. The molecule has 37 heavy (non-hydrogen) atoms. The van der Waals surface area contributed by atoms with E-state index >= 15 is 4.39 Å². The number of aromatic nitrogens is 4. The summed E-state index contributed by atoms with van der Waals surface area (Å²) in [6, 6.07) is 3.39. The van der Waals surface area contributed by atoms with E-state index in [-0.39, 0.29) is 28.5 Å². The van der Waals surface area contributed by atoms with Crippen LogP contribution in [0.5, 0.6) is 0 Å². The second-order valence-electron chi connectivity index (χ2n) is 9.46. The lowest BCUT2D eigenvalue weighted by Gasteiger charge is -2.25. The standard InChI is InChI=1S/C25H27FN7O3Si/c1-4-22(35)31-12-37(11-21(31)13(2)34)33-24(27)23(25(28)36)18(30-33)8-5-15-9-19-20(10-17(15)26)32(14(3)29-19)16-6-7-16/h4,9-10,13,16,21,34H,1,6-7,11-12,27H2,2-3H3,(H2,28,36)/t13?,21-/m1/s1. The maximum absolute atomic E-state index is 15.0. The number of halogens is 1. The summed E-state index contributed by atoms with van der Waals surface area (Å²) in [4.78, 5) is 30.7. The molecule has 0 bridgehead atoms. The molecule has 2 amide bonds. The number of anilines is 1. The van der Waals surface area contributed by atoms with Gasteiger partial charge in [0.25, 0.3) is 5.91 Å². The van der Waals surface area contributed by atoms with Gasteiger partial charge in [0.1, 0.15) is 28.7 Å². The van der Waals surface area contributed by atoms with Gasteiger partial charge in [0.05, 0.1) is 28.7 Å². The molecule has 3 heterocycles. The lowest BCUT2D eigenvalue weighted by atomic mass is 10.1. The van der Waals surface area contributed by atoms with E-state index in [0.717, 1.165) is 24.2 Å². The van der Waals surface area contributed by atoms with Crippen LogP contribution >= 0.6 is 0 Å². The molecule has 5 N–H and O–H groups in total. The normalized spacial score (nSPS) is 18.6. The van der Waals surface area contributed by atoms with Crippen molar-refractivity contribution in [3.05, 3.63) is 53.3 Å². The van der Waals surface area contributed by atoms with Crippen molar-refractivity contribution in [1.82, 2.24) is 23.9 Å². The molecule has 2 atom stereocenters. The zero-order valence-electron chi connectivity index (χ0n) is 20.5. The summed E-state index contributed by atoms with van der Waals surface area (Å²) in [5.41, 5.74) is 13.3. The Morgan fingerprint density at radius 2 is 2.08 bits per heavy atom. The van der Waals surface area contributed by atoms with Crippen LogP contribution in [0.15, 0.2) is 24.8 Å². The molecule has 1 saturated heterocycles. The number of nitrogens with zero attached hydrogens (tertiary/aromatic N) is 5. The molecular weight excluding hydrogens is 493 g/mol. The Kier molecular flexibility index (Phi) is 6.13. The van der Waals surface area contributed by atoms with Gasteiger partial charge in [0, 0.05) is 18.3 Å². The molecule has 1 aliphatic heterocycles. The lowest BCUT2D eigenvalue weighted by molar-refractivity contribution is -0.128. The number of imidazole rings is 1. The average molecular weight is 521 g/mol. The van der Waals surface area contributed by atoms with Crippen molar-refractivity contribution in [3.8, 4) is 11.8 Å². The Morgan fingerprint density at radius 1 is 1.35 bits per heavy atom. The number of nitrogens with two attached hydrogens (primary N) is 2. The fourth-order valence-electron chi connectivity index (χ4n) is 4.93. The van der Waals surface area contributed by atoms with Crippen molar-refractivity contribution < 1.29 is 19.1 Å². The highest BCUT2D eigenvalue weighted by Gasteiger charge is 2.41. The minimum Gasteiger partial charge on any atom is -0.391 e. The largest absolute Gasteiger partial charge is 0.391 e. The van der Waals surface area contributed by atoms with E-state index < -0.39 is 32.8 Å². The van der Waals surface area contributed by atoms with E-state index in [0.29, 0.717) is 23.8 Å². The number of fused-ring (bicyclic) bond motifs is 1. The van der Waals surface area contributed by atoms with Crippen LogP contribution in [0, 0.1) is 24.6 Å². The van der Waals surface area contributed by atoms with E-state index in [1.165, 1.54) is 21.4 Å². The first-order valence-electron chi connectivity index (χ1n) is 11.9. The van der Waals surface area contributed by atoms with Crippen molar-refractivity contribution >= 4 is 37.6 Å². The molecule has 1 unspecified atom stereocenters. The number of aliphatic hydroxyl groups excluding tert-OH is 1. The van der Waals surface area contributed by atoms with Crippen LogP contribution in [0.1, 0.15) is 53.2 Å². The summed E-state index contributed by atoms with van der Waals surface area (Å²) >= 11 is 0. The third-order valence-electron chi connectivity index (χ3n) is 6.86. The number of nitrogen functional groups attached to an aromatic ring is 1. The van der Waals surface area contributed by atoms with Crippen molar-refractivity contribution in [1.29, 1.82) is 0 Å². The third-order valence-corrected chi connectivity index (χ3v) is 9.40. The first-order chi connectivity index (χ1) is 17.6. The average Bonchev–Trinajstić information content (AvgIpc) is 3.35. The minimum atomic E-state index is -1.66. The van der Waals surface area contributed by atoms with Gasteiger partial charge in [-0.05, 0) is 50.8 Å². The highest BCUT2D eigenvalue weighted by Crippen LogP contribution is 2.38. The van der Waals surface area contributed by atoms with Crippen LogP contribution in [0.3, 0.4) is 0 Å². The quantitative estimate of drug-likeness (QED) is 0.262. The third kappa shape index (κ3) is 4.30. The number of rotatable bonds is 5. The van der Waals surface area contributed by atoms with Crippen molar-refractivity contribution in [2.24, 2.45) is 5.73 Å². The maximum atomic E-state index is 15.0. The van der Waals surface area contributed by atoms with Crippen LogP contribution in [-0.4, -0.2) is 68.1 Å². The number of amides is 2. The van der Waals surface area contributed by atoms with E-state index in [1.807, 2.05) is 6.92 Å². The van der Waals surface area contributed by atoms with E-state index in [4.69, 9.17) is 11.5 Å². The van der Waals surface area contributed by atoms with Crippen molar-refractivity contribution in [2.75, 3.05) is 11.9 Å². The number of hydrogen-bond donors (Lipinski definition) is 3. The van der Waals surface area contributed by atoms with Gasteiger partial charge in [0.2, 0.25) is 14.9 Å². The van der Waals surface area contributed by atoms with E-state index in [2.05, 4.69) is 33.1 Å². The predicted octanol–water partition coefficient (Wildman–Crippen LogP) is 1.25. The fourth-order valence-corrected chi connectivity index (χ4v) is 7.89. The van der Waals surface area contributed by atoms with Crippen molar-refractivity contribution in [2.45, 2.75) is 50.9 Å². The number of benzene rings is 1. The van der Waals surface area contributed by atoms with Gasteiger partial charge in [-0.3, -0.25) is 13.9 Å². The smallest absolute Gasteiger partial charge is 0.255 e. The zero-order valence-corrected chi connectivity index (χ0v) is 21.5. The molecule has 10 nitrogen and oxygen atoms in total. The summed E-state index contributed by atoms with van der Waals surface area (Å²) in [5, 5.41) is 14.7. The van der Waals surface area contributed by atoms with Gasteiger partial charge in [0.15, 0.2) is 0 Å². The predicted molar refractivity (Wildman–Crippen MR) is 137 cm³/mol. The molecule has 12 heteroatoms. The minimum absolute atomic E-state index is 0.0313. The summed E-state index contributed by atoms with van der Waals surface area (Å²) in [6.07, 6.45) is 2.82. The molecule has 2 aliphatic rings. The van der Waals surface area contributed by atoms with Gasteiger partial charge in [-0.15, -0.1) is 0 Å². The molecule has 5 rings (SSSR count). The van der Waals surface area contributed by atoms with Crippen LogP contribution in [0.25, 0.3) is 11.0 Å². The van der Waals surface area contributed by atoms with Crippen LogP contribution in [0.4, 0.5) is 10.2 Å². The summed E-state index contributed by atoms with van der Waals surface area (Å²) in [5.74, 6) is 4.77. The van der Waals surface area contributed by atoms with Crippen LogP contribution in [0.2, 0.25) is 6.04 Å². The van der Waals surface area contributed by atoms with Gasteiger partial charge in [-0.25, -0.2) is 9.37 Å². The Balaban J connectivity index is 1.51. The molecule has 2 aromatic heterocycles. The Hall–Kier alpha value is -3.95. The van der Waals surface area contributed by atoms with Gasteiger partial charge < -0.3 is 26.0 Å². The topological polar surface area (TPSA) is 145 Å². The molecule has 1 aromatic carbocycles. The lowest BCUT2D eigenvalue weighted by Crippen LogP contribution is -2.41. The zero-order chi connectivity index (χ0) is 26.6. The summed E-state index contributed by atoms with van der Waals surface area (Å²) in [6.45, 7) is 7.03. The van der Waals surface area contributed by atoms with Gasteiger partial charge >= 0.3 is 0 Å². The number of aryl methyl sites for hydroxylation is 1. The Bertz CT molecular complexity index is 1510. The first kappa shape index (κ1) is 24.7. The Morgan fingerprint density at radius 3 is 2.70 bits per heavy atom. The molecule has 0 spiro atoms. The molecule has 3 aromatic rings. The van der Waals surface area contributed by atoms with Crippen molar-refractivity contribution in [3.63, 3.8) is 0 Å². The highest BCUT2D eigenvalue weighted by atomic mass is 28.3. The molecule has 1 saturated carbocycles. The number of hydrogen-bond acceptors (Lipinski definition) is 6. The summed E-state index contributed by atoms with van der Waals surface area (Å²) < 4.78 is 18.6. The summed E-state index contributed by atoms with van der Waals surface area (Å²) in [7, 11) is -1.66. The molecule has 191 valence electrons. The molecule has 1 radical (unpaired) electrons. The van der Waals surface area contributed by atoms with Gasteiger partial charge in [-0.2, -0.15) is 5.10 Å². The van der Waals surface area contributed by atoms with Crippen LogP contribution in [-0.2, 0) is 4.79 Å². The van der Waals surface area contributed by atoms with Crippen LogP contribution < -0.4 is 11.5 Å². The van der Waals surface area contributed by atoms with Gasteiger partial charge in [-0.1, -0.05) is 12.5 Å². The highest BCUT2D eigenvalue weighted by molar-refractivity contribution is 6.59. The molecule has 2 fully saturated rings.